The van der Waals surface area contributed by atoms with E-state index in [9.17, 15) is 0 Å². The molecule has 0 aliphatic rings. The largest absolute Gasteiger partial charge is 0.224 e. The maximum Gasteiger partial charge on any atom is 0.182 e. The third-order valence-electron chi connectivity index (χ3n) is 3.95. The van der Waals surface area contributed by atoms with Crippen molar-refractivity contribution in [3.8, 4) is 33.9 Å². The SMILES string of the molecule is Brc1ccc(-c2nnc(-c3ccccc3)nc2-c2ccc(Br)cc2)cc1. The lowest BCUT2D eigenvalue weighted by Crippen LogP contribution is -2.00. The lowest BCUT2D eigenvalue weighted by Gasteiger charge is -2.10. The Morgan fingerprint density at radius 1 is 0.500 bits per heavy atom. The van der Waals surface area contributed by atoms with Gasteiger partial charge in [0, 0.05) is 25.6 Å². The van der Waals surface area contributed by atoms with Crippen LogP contribution in [-0.4, -0.2) is 15.2 Å². The van der Waals surface area contributed by atoms with E-state index in [-0.39, 0.29) is 0 Å². The molecule has 0 spiro atoms. The van der Waals surface area contributed by atoms with E-state index in [2.05, 4.69) is 42.1 Å². The molecule has 3 nitrogen and oxygen atoms in total. The summed E-state index contributed by atoms with van der Waals surface area (Å²) in [6.07, 6.45) is 0. The molecule has 0 radical (unpaired) electrons. The van der Waals surface area contributed by atoms with Crippen molar-refractivity contribution in [2.24, 2.45) is 0 Å². The molecular weight excluding hydrogens is 454 g/mol. The van der Waals surface area contributed by atoms with Crippen LogP contribution in [0, 0.1) is 0 Å². The number of aromatic nitrogens is 3. The molecule has 0 aliphatic carbocycles. The Labute approximate surface area is 168 Å². The highest BCUT2D eigenvalue weighted by atomic mass is 79.9. The highest BCUT2D eigenvalue weighted by molar-refractivity contribution is 9.10. The Bertz CT molecular complexity index is 1030. The van der Waals surface area contributed by atoms with Crippen LogP contribution < -0.4 is 0 Å². The van der Waals surface area contributed by atoms with E-state index in [1.165, 1.54) is 0 Å². The second-order valence-corrected chi connectivity index (χ2v) is 7.54. The molecule has 0 N–H and O–H groups in total. The molecule has 126 valence electrons. The number of benzene rings is 3. The zero-order valence-electron chi connectivity index (χ0n) is 13.6. The van der Waals surface area contributed by atoms with Crippen LogP contribution in [0.4, 0.5) is 0 Å². The number of rotatable bonds is 3. The minimum atomic E-state index is 0.615. The molecule has 0 bridgehead atoms. The van der Waals surface area contributed by atoms with Gasteiger partial charge in [0.15, 0.2) is 5.82 Å². The van der Waals surface area contributed by atoms with Crippen LogP contribution in [0.1, 0.15) is 0 Å². The first-order chi connectivity index (χ1) is 12.7. The lowest BCUT2D eigenvalue weighted by molar-refractivity contribution is 0.991. The van der Waals surface area contributed by atoms with Crippen LogP contribution in [0.25, 0.3) is 33.9 Å². The minimum absolute atomic E-state index is 0.615. The molecule has 0 atom stereocenters. The highest BCUT2D eigenvalue weighted by Crippen LogP contribution is 2.31. The molecule has 26 heavy (non-hydrogen) atoms. The van der Waals surface area contributed by atoms with Gasteiger partial charge in [-0.2, -0.15) is 0 Å². The monoisotopic (exact) mass is 465 g/mol. The van der Waals surface area contributed by atoms with Gasteiger partial charge in [-0.1, -0.05) is 86.5 Å². The van der Waals surface area contributed by atoms with Crippen molar-refractivity contribution in [1.82, 2.24) is 15.2 Å². The van der Waals surface area contributed by atoms with E-state index in [4.69, 9.17) is 4.98 Å². The van der Waals surface area contributed by atoms with E-state index < -0.39 is 0 Å². The summed E-state index contributed by atoms with van der Waals surface area (Å²) in [5.41, 5.74) is 4.50. The Balaban J connectivity index is 1.90. The summed E-state index contributed by atoms with van der Waals surface area (Å²) in [7, 11) is 0. The molecule has 4 aromatic rings. The molecule has 0 unspecified atom stereocenters. The molecule has 0 fully saturated rings. The molecule has 0 saturated heterocycles. The van der Waals surface area contributed by atoms with Crippen molar-refractivity contribution in [2.45, 2.75) is 0 Å². The standard InChI is InChI=1S/C21H13Br2N3/c22-17-10-6-14(7-11-17)19-20(15-8-12-18(23)13-9-15)25-26-21(24-19)16-4-2-1-3-5-16/h1-13H. The summed E-state index contributed by atoms with van der Waals surface area (Å²) in [4.78, 5) is 4.84. The summed E-state index contributed by atoms with van der Waals surface area (Å²) in [6.45, 7) is 0. The van der Waals surface area contributed by atoms with Crippen LogP contribution >= 0.6 is 31.9 Å². The number of nitrogens with zero attached hydrogens (tertiary/aromatic N) is 3. The van der Waals surface area contributed by atoms with Gasteiger partial charge in [0.2, 0.25) is 0 Å². The summed E-state index contributed by atoms with van der Waals surface area (Å²) in [5, 5.41) is 8.88. The topological polar surface area (TPSA) is 38.7 Å². The Hall–Kier alpha value is -2.37. The molecule has 4 rings (SSSR count). The van der Waals surface area contributed by atoms with Crippen molar-refractivity contribution < 1.29 is 0 Å². The zero-order valence-corrected chi connectivity index (χ0v) is 16.8. The maximum absolute atomic E-state index is 4.84. The Kier molecular flexibility index (Phi) is 4.91. The normalized spacial score (nSPS) is 10.7. The second kappa shape index (κ2) is 7.48. The van der Waals surface area contributed by atoms with Gasteiger partial charge in [0.25, 0.3) is 0 Å². The highest BCUT2D eigenvalue weighted by Gasteiger charge is 2.14. The predicted octanol–water partition coefficient (Wildman–Crippen LogP) is 6.40. The van der Waals surface area contributed by atoms with Crippen LogP contribution in [0.15, 0.2) is 87.8 Å². The molecule has 0 saturated carbocycles. The molecule has 0 amide bonds. The predicted molar refractivity (Wildman–Crippen MR) is 112 cm³/mol. The van der Waals surface area contributed by atoms with Gasteiger partial charge in [-0.25, -0.2) is 4.98 Å². The van der Waals surface area contributed by atoms with E-state index in [1.54, 1.807) is 0 Å². The van der Waals surface area contributed by atoms with Crippen molar-refractivity contribution in [2.75, 3.05) is 0 Å². The fourth-order valence-electron chi connectivity index (χ4n) is 2.65. The van der Waals surface area contributed by atoms with Gasteiger partial charge in [-0.15, -0.1) is 10.2 Å². The van der Waals surface area contributed by atoms with Gasteiger partial charge < -0.3 is 0 Å². The number of hydrogen-bond donors (Lipinski definition) is 0. The van der Waals surface area contributed by atoms with Gasteiger partial charge in [-0.05, 0) is 24.3 Å². The van der Waals surface area contributed by atoms with E-state index in [0.717, 1.165) is 37.0 Å². The smallest absolute Gasteiger partial charge is 0.182 e. The molecule has 0 aliphatic heterocycles. The first kappa shape index (κ1) is 17.1. The molecule has 1 heterocycles. The lowest BCUT2D eigenvalue weighted by atomic mass is 10.0. The van der Waals surface area contributed by atoms with Gasteiger partial charge in [-0.3, -0.25) is 0 Å². The zero-order chi connectivity index (χ0) is 17.9. The van der Waals surface area contributed by atoms with Crippen LogP contribution in [-0.2, 0) is 0 Å². The van der Waals surface area contributed by atoms with Crippen LogP contribution in [0.3, 0.4) is 0 Å². The fourth-order valence-corrected chi connectivity index (χ4v) is 3.18. The van der Waals surface area contributed by atoms with E-state index in [0.29, 0.717) is 5.82 Å². The summed E-state index contributed by atoms with van der Waals surface area (Å²) >= 11 is 6.96. The summed E-state index contributed by atoms with van der Waals surface area (Å²) < 4.78 is 2.05. The maximum atomic E-state index is 4.84. The van der Waals surface area contributed by atoms with Gasteiger partial charge in [0.1, 0.15) is 11.4 Å². The van der Waals surface area contributed by atoms with Crippen molar-refractivity contribution in [1.29, 1.82) is 0 Å². The van der Waals surface area contributed by atoms with E-state index >= 15 is 0 Å². The van der Waals surface area contributed by atoms with Gasteiger partial charge >= 0.3 is 0 Å². The minimum Gasteiger partial charge on any atom is -0.224 e. The van der Waals surface area contributed by atoms with Crippen LogP contribution in [0.5, 0.6) is 0 Å². The average molecular weight is 467 g/mol. The number of hydrogen-bond acceptors (Lipinski definition) is 3. The van der Waals surface area contributed by atoms with Crippen LogP contribution in [0.2, 0.25) is 0 Å². The summed E-state index contributed by atoms with van der Waals surface area (Å²) in [5.74, 6) is 0.615. The number of halogens is 2. The third kappa shape index (κ3) is 3.59. The van der Waals surface area contributed by atoms with Crippen molar-refractivity contribution in [3.05, 3.63) is 87.8 Å². The molecule has 1 aromatic heterocycles. The first-order valence-corrected chi connectivity index (χ1v) is 9.61. The molecular formula is C21H13Br2N3. The van der Waals surface area contributed by atoms with Gasteiger partial charge in [0.05, 0.1) is 0 Å². The molecule has 3 aromatic carbocycles. The quantitative estimate of drug-likeness (QED) is 0.350. The third-order valence-corrected chi connectivity index (χ3v) is 5.01. The fraction of sp³-hybridized carbons (Fsp3) is 0. The Morgan fingerprint density at radius 2 is 1.04 bits per heavy atom. The summed E-state index contributed by atoms with van der Waals surface area (Å²) in [6, 6.07) is 26.0. The average Bonchev–Trinajstić information content (AvgIpc) is 2.70. The molecule has 5 heteroatoms. The second-order valence-electron chi connectivity index (χ2n) is 5.71. The van der Waals surface area contributed by atoms with E-state index in [1.807, 2.05) is 78.9 Å². The van der Waals surface area contributed by atoms with Crippen molar-refractivity contribution in [3.63, 3.8) is 0 Å². The van der Waals surface area contributed by atoms with Crippen molar-refractivity contribution >= 4 is 31.9 Å². The first-order valence-electron chi connectivity index (χ1n) is 8.03. The Morgan fingerprint density at radius 3 is 1.62 bits per heavy atom.